The summed E-state index contributed by atoms with van der Waals surface area (Å²) >= 11 is 5.97. The number of carbonyl (C=O) groups is 1. The molecule has 0 saturated heterocycles. The minimum atomic E-state index is -1.12. The number of benzene rings is 2. The monoisotopic (exact) mass is 407 g/mol. The first kappa shape index (κ1) is 17.8. The Kier molecular flexibility index (Phi) is 4.53. The number of hydrogen-bond acceptors (Lipinski definition) is 3. The van der Waals surface area contributed by atoms with Crippen molar-refractivity contribution in [2.75, 3.05) is 5.32 Å². The number of fused-ring (bicyclic) bond motifs is 1. The van der Waals surface area contributed by atoms with Gasteiger partial charge in [0.2, 0.25) is 0 Å². The van der Waals surface area contributed by atoms with Gasteiger partial charge < -0.3 is 5.32 Å². The Morgan fingerprint density at radius 1 is 1.15 bits per heavy atom. The van der Waals surface area contributed by atoms with Gasteiger partial charge in [-0.3, -0.25) is 9.00 Å². The molecule has 1 N–H and O–H groups in total. The topological polar surface area (TPSA) is 64.0 Å². The van der Waals surface area contributed by atoms with Crippen LogP contribution in [0.15, 0.2) is 42.5 Å². The van der Waals surface area contributed by atoms with Crippen LogP contribution in [0.25, 0.3) is 5.69 Å². The molecule has 1 aliphatic heterocycles. The number of aromatic nitrogens is 2. The average Bonchev–Trinajstić information content (AvgIpc) is 3.13. The molecule has 0 radical (unpaired) electrons. The van der Waals surface area contributed by atoms with Gasteiger partial charge in [-0.05, 0) is 36.4 Å². The first-order valence-electron chi connectivity index (χ1n) is 7.91. The summed E-state index contributed by atoms with van der Waals surface area (Å²) in [5, 5.41) is 7.00. The predicted octanol–water partition coefficient (Wildman–Crippen LogP) is 3.82. The molecule has 1 aliphatic rings. The van der Waals surface area contributed by atoms with E-state index in [2.05, 4.69) is 10.4 Å². The van der Waals surface area contributed by atoms with Crippen molar-refractivity contribution in [1.82, 2.24) is 9.78 Å². The fourth-order valence-corrected chi connectivity index (χ4v) is 4.42. The maximum Gasteiger partial charge on any atom is 0.261 e. The van der Waals surface area contributed by atoms with Crippen LogP contribution in [0, 0.1) is 11.6 Å². The molecule has 0 fully saturated rings. The minimum Gasteiger partial charge on any atom is -0.306 e. The number of nitrogens with zero attached hydrogens (tertiary/aromatic N) is 2. The Balaban J connectivity index is 1.78. The van der Waals surface area contributed by atoms with E-state index in [1.54, 1.807) is 0 Å². The van der Waals surface area contributed by atoms with E-state index in [4.69, 9.17) is 11.6 Å². The number of hydrogen-bond donors (Lipinski definition) is 1. The second-order valence-corrected chi connectivity index (χ2v) is 7.81. The highest BCUT2D eigenvalue weighted by Gasteiger charge is 2.29. The molecular formula is C18H12ClF2N3O2S. The second kappa shape index (κ2) is 6.86. The predicted molar refractivity (Wildman–Crippen MR) is 98.4 cm³/mol. The molecule has 1 unspecified atom stereocenters. The second-order valence-electron chi connectivity index (χ2n) is 5.94. The van der Waals surface area contributed by atoms with E-state index in [0.717, 1.165) is 6.07 Å². The van der Waals surface area contributed by atoms with Gasteiger partial charge in [0.1, 0.15) is 17.5 Å². The van der Waals surface area contributed by atoms with Gasteiger partial charge in [0.15, 0.2) is 0 Å². The first-order valence-corrected chi connectivity index (χ1v) is 9.77. The molecule has 2 heterocycles. The van der Waals surface area contributed by atoms with E-state index in [1.165, 1.54) is 41.1 Å². The van der Waals surface area contributed by atoms with E-state index in [1.807, 2.05) is 0 Å². The van der Waals surface area contributed by atoms with Crippen molar-refractivity contribution in [2.24, 2.45) is 0 Å². The van der Waals surface area contributed by atoms with Gasteiger partial charge in [-0.2, -0.15) is 5.10 Å². The molecule has 0 spiro atoms. The number of nitrogens with one attached hydrogen (secondary N) is 1. The third-order valence-corrected chi connectivity index (χ3v) is 5.68. The van der Waals surface area contributed by atoms with Gasteiger partial charge in [0.25, 0.3) is 5.91 Å². The van der Waals surface area contributed by atoms with E-state index in [-0.39, 0.29) is 27.9 Å². The molecule has 3 aromatic rings. The summed E-state index contributed by atoms with van der Waals surface area (Å²) in [7, 11) is -1.12. The molecule has 0 saturated carbocycles. The van der Waals surface area contributed by atoms with E-state index < -0.39 is 28.3 Å². The van der Waals surface area contributed by atoms with Crippen molar-refractivity contribution in [3.05, 3.63) is 75.9 Å². The van der Waals surface area contributed by atoms with Crippen molar-refractivity contribution in [2.45, 2.75) is 11.5 Å². The third kappa shape index (κ3) is 3.26. The molecular weight excluding hydrogens is 396 g/mol. The van der Waals surface area contributed by atoms with Gasteiger partial charge in [0, 0.05) is 16.4 Å². The van der Waals surface area contributed by atoms with Crippen LogP contribution in [0.2, 0.25) is 5.02 Å². The Hall–Kier alpha value is -2.58. The molecule has 4 rings (SSSR count). The summed E-state index contributed by atoms with van der Waals surface area (Å²) in [6, 6.07) is 9.48. The molecule has 2 aromatic carbocycles. The molecule has 138 valence electrons. The van der Waals surface area contributed by atoms with E-state index >= 15 is 0 Å². The van der Waals surface area contributed by atoms with Crippen LogP contribution in [0.4, 0.5) is 14.6 Å². The SMILES string of the molecule is O=C(Nc1c2c(nn1-c1ccc(F)cc1)CS(=O)C2)c1c(F)cccc1Cl. The van der Waals surface area contributed by atoms with Crippen LogP contribution in [-0.2, 0) is 22.3 Å². The van der Waals surface area contributed by atoms with Gasteiger partial charge in [-0.25, -0.2) is 13.5 Å². The number of amides is 1. The van der Waals surface area contributed by atoms with E-state index in [9.17, 15) is 17.8 Å². The van der Waals surface area contributed by atoms with Crippen molar-refractivity contribution in [1.29, 1.82) is 0 Å². The van der Waals surface area contributed by atoms with Crippen LogP contribution < -0.4 is 5.32 Å². The zero-order chi connectivity index (χ0) is 19.1. The van der Waals surface area contributed by atoms with Crippen molar-refractivity contribution < 1.29 is 17.8 Å². The summed E-state index contributed by atoms with van der Waals surface area (Å²) in [5.74, 6) is -1.17. The van der Waals surface area contributed by atoms with Crippen molar-refractivity contribution in [3.63, 3.8) is 0 Å². The molecule has 0 aliphatic carbocycles. The quantitative estimate of drug-likeness (QED) is 0.718. The van der Waals surface area contributed by atoms with Crippen molar-refractivity contribution in [3.8, 4) is 5.69 Å². The van der Waals surface area contributed by atoms with Gasteiger partial charge >= 0.3 is 0 Å². The number of carbonyl (C=O) groups excluding carboxylic acids is 1. The lowest BCUT2D eigenvalue weighted by atomic mass is 10.2. The summed E-state index contributed by atoms with van der Waals surface area (Å²) in [4.78, 5) is 12.7. The molecule has 0 bridgehead atoms. The third-order valence-electron chi connectivity index (χ3n) is 4.16. The smallest absolute Gasteiger partial charge is 0.261 e. The lowest BCUT2D eigenvalue weighted by molar-refractivity contribution is 0.102. The maximum absolute atomic E-state index is 14.1. The van der Waals surface area contributed by atoms with Gasteiger partial charge in [0.05, 0.1) is 33.5 Å². The van der Waals surface area contributed by atoms with Crippen LogP contribution >= 0.6 is 11.6 Å². The Bertz CT molecular complexity index is 1060. The zero-order valence-electron chi connectivity index (χ0n) is 13.7. The van der Waals surface area contributed by atoms with Crippen LogP contribution in [0.3, 0.4) is 0 Å². The van der Waals surface area contributed by atoms with Gasteiger partial charge in [-0.15, -0.1) is 0 Å². The number of anilines is 1. The zero-order valence-corrected chi connectivity index (χ0v) is 15.3. The summed E-state index contributed by atoms with van der Waals surface area (Å²) in [5.41, 5.74) is 1.40. The van der Waals surface area contributed by atoms with Crippen LogP contribution in [-0.4, -0.2) is 19.9 Å². The normalized spacial score (nSPS) is 15.6. The standard InChI is InChI=1S/C18H12ClF2N3O2S/c19-13-2-1-3-14(21)16(13)18(25)22-17-12-8-27(26)9-15(12)23-24(17)11-6-4-10(20)5-7-11/h1-7H,8-9H2,(H,22,25). The molecule has 27 heavy (non-hydrogen) atoms. The Morgan fingerprint density at radius 2 is 1.89 bits per heavy atom. The number of halogens is 3. The highest BCUT2D eigenvalue weighted by molar-refractivity contribution is 7.83. The molecule has 1 atom stereocenters. The van der Waals surface area contributed by atoms with Crippen LogP contribution in [0.1, 0.15) is 21.6 Å². The van der Waals surface area contributed by atoms with Crippen LogP contribution in [0.5, 0.6) is 0 Å². The number of rotatable bonds is 3. The summed E-state index contributed by atoms with van der Waals surface area (Å²) < 4.78 is 40.6. The Labute approximate surface area is 160 Å². The molecule has 9 heteroatoms. The first-order chi connectivity index (χ1) is 12.9. The maximum atomic E-state index is 14.1. The molecule has 5 nitrogen and oxygen atoms in total. The molecule has 1 amide bonds. The molecule has 1 aromatic heterocycles. The highest BCUT2D eigenvalue weighted by atomic mass is 35.5. The Morgan fingerprint density at radius 3 is 2.59 bits per heavy atom. The lowest BCUT2D eigenvalue weighted by Crippen LogP contribution is -2.18. The minimum absolute atomic E-state index is 0.0273. The largest absolute Gasteiger partial charge is 0.306 e. The summed E-state index contributed by atoms with van der Waals surface area (Å²) in [6.07, 6.45) is 0. The highest BCUT2D eigenvalue weighted by Crippen LogP contribution is 2.32. The fraction of sp³-hybridized carbons (Fsp3) is 0.111. The van der Waals surface area contributed by atoms with Crippen molar-refractivity contribution >= 4 is 34.1 Å². The summed E-state index contributed by atoms with van der Waals surface area (Å²) in [6.45, 7) is 0. The lowest BCUT2D eigenvalue weighted by Gasteiger charge is -2.12. The average molecular weight is 408 g/mol. The van der Waals surface area contributed by atoms with Gasteiger partial charge in [-0.1, -0.05) is 17.7 Å². The van der Waals surface area contributed by atoms with E-state index in [0.29, 0.717) is 16.9 Å². The fourth-order valence-electron chi connectivity index (χ4n) is 2.91.